The van der Waals surface area contributed by atoms with E-state index in [0.717, 1.165) is 41.9 Å². The van der Waals surface area contributed by atoms with E-state index in [1.807, 2.05) is 0 Å². The number of fused-ring (bicyclic) bond motifs is 1. The van der Waals surface area contributed by atoms with Gasteiger partial charge >= 0.3 is 0 Å². The Hall–Kier alpha value is -1.10. The number of nitrogens with zero attached hydrogens (tertiary/aromatic N) is 4. The van der Waals surface area contributed by atoms with Gasteiger partial charge < -0.3 is 4.57 Å². The van der Waals surface area contributed by atoms with Crippen molar-refractivity contribution >= 4 is 15.9 Å². The summed E-state index contributed by atoms with van der Waals surface area (Å²) in [6, 6.07) is 0. The van der Waals surface area contributed by atoms with Crippen molar-refractivity contribution in [3.63, 3.8) is 0 Å². The van der Waals surface area contributed by atoms with Crippen molar-refractivity contribution in [1.82, 2.24) is 19.3 Å². The molecule has 3 rings (SSSR count). The average Bonchev–Trinajstić information content (AvgIpc) is 2.90. The fourth-order valence-electron chi connectivity index (χ4n) is 3.12. The number of rotatable bonds is 3. The van der Waals surface area contributed by atoms with Crippen molar-refractivity contribution in [1.29, 1.82) is 0 Å². The third-order valence-electron chi connectivity index (χ3n) is 4.18. The normalized spacial score (nSPS) is 14.6. The Balaban J connectivity index is 2.02. The second kappa shape index (κ2) is 5.35. The van der Waals surface area contributed by atoms with Gasteiger partial charge in [0.25, 0.3) is 0 Å². The van der Waals surface area contributed by atoms with E-state index < -0.39 is 0 Å². The highest BCUT2D eigenvalue weighted by molar-refractivity contribution is 9.10. The quantitative estimate of drug-likeness (QED) is 0.860. The summed E-state index contributed by atoms with van der Waals surface area (Å²) in [7, 11) is 0. The first-order valence-electron chi connectivity index (χ1n) is 7.38. The van der Waals surface area contributed by atoms with Gasteiger partial charge in [-0.1, -0.05) is 0 Å². The molecule has 0 amide bonds. The highest BCUT2D eigenvalue weighted by Crippen LogP contribution is 2.26. The van der Waals surface area contributed by atoms with Gasteiger partial charge in [0.05, 0.1) is 28.1 Å². The van der Waals surface area contributed by atoms with Crippen molar-refractivity contribution in [2.24, 2.45) is 0 Å². The molecule has 4 nitrogen and oxygen atoms in total. The van der Waals surface area contributed by atoms with Crippen LogP contribution in [0.2, 0.25) is 0 Å². The molecule has 108 valence electrons. The van der Waals surface area contributed by atoms with Gasteiger partial charge in [-0.15, -0.1) is 0 Å². The monoisotopic (exact) mass is 336 g/mol. The van der Waals surface area contributed by atoms with Gasteiger partial charge in [-0.25, -0.2) is 4.98 Å². The highest BCUT2D eigenvalue weighted by Gasteiger charge is 2.20. The van der Waals surface area contributed by atoms with E-state index in [1.54, 1.807) is 0 Å². The fourth-order valence-corrected chi connectivity index (χ4v) is 3.52. The molecule has 5 heteroatoms. The molecule has 0 saturated heterocycles. The van der Waals surface area contributed by atoms with Crippen LogP contribution in [0.5, 0.6) is 0 Å². The van der Waals surface area contributed by atoms with E-state index in [1.165, 1.54) is 29.9 Å². The summed E-state index contributed by atoms with van der Waals surface area (Å²) in [5.74, 6) is 1.13. The minimum atomic E-state index is 0.865. The lowest BCUT2D eigenvalue weighted by Gasteiger charge is -2.15. The molecule has 0 unspecified atom stereocenters. The third kappa shape index (κ3) is 2.22. The van der Waals surface area contributed by atoms with Crippen LogP contribution in [0.1, 0.15) is 48.4 Å². The number of hydrogen-bond donors (Lipinski definition) is 0. The first-order chi connectivity index (χ1) is 9.61. The standard InChI is InChI=1S/C15H21BrN4/c1-4-20-14(15(16)10(2)18-20)9-19-11(3)17-12-7-5-6-8-13(12)19/h4-9H2,1-3H3. The molecule has 0 N–H and O–H groups in total. The number of hydrogen-bond acceptors (Lipinski definition) is 2. The fraction of sp³-hybridized carbons (Fsp3) is 0.600. The van der Waals surface area contributed by atoms with Crippen LogP contribution >= 0.6 is 15.9 Å². The Kier molecular flexibility index (Phi) is 3.71. The molecule has 1 aliphatic carbocycles. The van der Waals surface area contributed by atoms with Crippen molar-refractivity contribution in [2.75, 3.05) is 0 Å². The Labute approximate surface area is 128 Å². The molecule has 2 heterocycles. The summed E-state index contributed by atoms with van der Waals surface area (Å²) >= 11 is 3.69. The van der Waals surface area contributed by atoms with Crippen molar-refractivity contribution in [2.45, 2.75) is 59.5 Å². The molecule has 1 aliphatic rings. The lowest BCUT2D eigenvalue weighted by molar-refractivity contribution is 0.571. The molecule has 0 bridgehead atoms. The van der Waals surface area contributed by atoms with E-state index >= 15 is 0 Å². The molecule has 2 aromatic rings. The maximum absolute atomic E-state index is 4.76. The van der Waals surface area contributed by atoms with E-state index in [4.69, 9.17) is 4.98 Å². The van der Waals surface area contributed by atoms with Gasteiger partial charge in [0.15, 0.2) is 0 Å². The molecule has 0 saturated carbocycles. The van der Waals surface area contributed by atoms with Crippen molar-refractivity contribution in [3.05, 3.63) is 33.1 Å². The molecule has 0 atom stereocenters. The lowest BCUT2D eigenvalue weighted by atomic mass is 10.0. The van der Waals surface area contributed by atoms with Gasteiger partial charge in [0, 0.05) is 12.2 Å². The first-order valence-corrected chi connectivity index (χ1v) is 8.17. The Morgan fingerprint density at radius 1 is 1.20 bits per heavy atom. The van der Waals surface area contributed by atoms with Crippen LogP contribution in [0.25, 0.3) is 0 Å². The lowest BCUT2D eigenvalue weighted by Crippen LogP contribution is -2.13. The molecule has 0 fully saturated rings. The Morgan fingerprint density at radius 2 is 1.95 bits per heavy atom. The number of aryl methyl sites for hydroxylation is 4. The predicted molar refractivity (Wildman–Crippen MR) is 83.0 cm³/mol. The minimum absolute atomic E-state index is 0.865. The van der Waals surface area contributed by atoms with Gasteiger partial charge in [0.2, 0.25) is 0 Å². The smallest absolute Gasteiger partial charge is 0.106 e. The van der Waals surface area contributed by atoms with Crippen LogP contribution < -0.4 is 0 Å². The first kappa shape index (κ1) is 13.9. The zero-order valence-electron chi connectivity index (χ0n) is 12.4. The second-order valence-electron chi connectivity index (χ2n) is 5.51. The van der Waals surface area contributed by atoms with Crippen LogP contribution in [0.15, 0.2) is 4.47 Å². The number of imidazole rings is 1. The zero-order valence-corrected chi connectivity index (χ0v) is 14.0. The van der Waals surface area contributed by atoms with Gasteiger partial charge in [-0.05, 0) is 62.4 Å². The zero-order chi connectivity index (χ0) is 14.3. The summed E-state index contributed by atoms with van der Waals surface area (Å²) in [5, 5.41) is 4.59. The van der Waals surface area contributed by atoms with E-state index in [2.05, 4.69) is 51.0 Å². The number of halogens is 1. The predicted octanol–water partition coefficient (Wildman–Crippen LogP) is 3.41. The van der Waals surface area contributed by atoms with Crippen LogP contribution in [0.4, 0.5) is 0 Å². The summed E-state index contributed by atoms with van der Waals surface area (Å²) in [6.07, 6.45) is 4.86. The van der Waals surface area contributed by atoms with E-state index in [9.17, 15) is 0 Å². The average molecular weight is 337 g/mol. The van der Waals surface area contributed by atoms with Crippen molar-refractivity contribution in [3.8, 4) is 0 Å². The Morgan fingerprint density at radius 3 is 2.70 bits per heavy atom. The molecule has 0 aliphatic heterocycles. The molecule has 0 aromatic carbocycles. The second-order valence-corrected chi connectivity index (χ2v) is 6.30. The molecular weight excluding hydrogens is 316 g/mol. The summed E-state index contributed by atoms with van der Waals surface area (Å²) in [5.41, 5.74) is 5.05. The molecule has 0 radical (unpaired) electrons. The van der Waals surface area contributed by atoms with E-state index in [-0.39, 0.29) is 0 Å². The van der Waals surface area contributed by atoms with Crippen LogP contribution in [-0.4, -0.2) is 19.3 Å². The Bertz CT molecular complexity index is 639. The van der Waals surface area contributed by atoms with Gasteiger partial charge in [-0.2, -0.15) is 5.10 Å². The maximum atomic E-state index is 4.76. The number of aromatic nitrogens is 4. The highest BCUT2D eigenvalue weighted by atomic mass is 79.9. The topological polar surface area (TPSA) is 35.6 Å². The third-order valence-corrected chi connectivity index (χ3v) is 5.22. The van der Waals surface area contributed by atoms with Crippen LogP contribution in [0.3, 0.4) is 0 Å². The SMILES string of the molecule is CCn1nc(C)c(Br)c1Cn1c(C)nc2c1CCCC2. The maximum Gasteiger partial charge on any atom is 0.106 e. The van der Waals surface area contributed by atoms with Gasteiger partial charge in [-0.3, -0.25) is 4.68 Å². The molecule has 2 aromatic heterocycles. The molecule has 20 heavy (non-hydrogen) atoms. The molecule has 0 spiro atoms. The van der Waals surface area contributed by atoms with E-state index in [0.29, 0.717) is 0 Å². The largest absolute Gasteiger partial charge is 0.326 e. The summed E-state index contributed by atoms with van der Waals surface area (Å²) in [4.78, 5) is 4.76. The van der Waals surface area contributed by atoms with Crippen LogP contribution in [-0.2, 0) is 25.9 Å². The summed E-state index contributed by atoms with van der Waals surface area (Å²) in [6.45, 7) is 8.07. The van der Waals surface area contributed by atoms with Crippen LogP contribution in [0, 0.1) is 13.8 Å². The van der Waals surface area contributed by atoms with Crippen molar-refractivity contribution < 1.29 is 0 Å². The molecular formula is C15H21BrN4. The minimum Gasteiger partial charge on any atom is -0.326 e. The van der Waals surface area contributed by atoms with Gasteiger partial charge in [0.1, 0.15) is 5.82 Å². The summed E-state index contributed by atoms with van der Waals surface area (Å²) < 4.78 is 5.60.